The average molecular weight is 185 g/mol. The van der Waals surface area contributed by atoms with Crippen LogP contribution in [-0.4, -0.2) is 10.5 Å². The fourth-order valence-electron chi connectivity index (χ4n) is 2.22. The summed E-state index contributed by atoms with van der Waals surface area (Å²) < 4.78 is 1.86. The zero-order valence-corrected chi connectivity index (χ0v) is 8.08. The summed E-state index contributed by atoms with van der Waals surface area (Å²) in [6.07, 6.45) is 1.56. The number of aryl methyl sites for hydroxylation is 2. The molecule has 0 unspecified atom stereocenters. The second kappa shape index (κ2) is 2.47. The Hall–Kier alpha value is -1.57. The van der Waals surface area contributed by atoms with Gasteiger partial charge in [0.2, 0.25) is 5.91 Å². The first kappa shape index (κ1) is 7.80. The fraction of sp³-hybridized carbons (Fsp3) is 0.250. The van der Waals surface area contributed by atoms with Gasteiger partial charge in [0.05, 0.1) is 5.52 Å². The normalized spacial score (nSPS) is 15.1. The van der Waals surface area contributed by atoms with E-state index >= 15 is 0 Å². The number of aromatic nitrogens is 1. The third-order valence-electron chi connectivity index (χ3n) is 2.88. The Labute approximate surface area is 82.1 Å². The predicted octanol–water partition coefficient (Wildman–Crippen LogP) is 2.54. The minimum atomic E-state index is 0.235. The van der Waals surface area contributed by atoms with Gasteiger partial charge in [0.25, 0.3) is 0 Å². The van der Waals surface area contributed by atoms with Crippen molar-refractivity contribution in [2.24, 2.45) is 0 Å². The summed E-state index contributed by atoms with van der Waals surface area (Å²) in [6.45, 7) is 2.07. The first-order valence-electron chi connectivity index (χ1n) is 4.90. The SMILES string of the molecule is Cc1ccc2c(c1)cc1n2C(=O)CC1. The largest absolute Gasteiger partial charge is 0.284 e. The number of fused-ring (bicyclic) bond motifs is 3. The molecule has 2 heteroatoms. The van der Waals surface area contributed by atoms with E-state index in [-0.39, 0.29) is 5.91 Å². The van der Waals surface area contributed by atoms with E-state index in [1.807, 2.05) is 10.6 Å². The Bertz CT molecular complexity index is 536. The van der Waals surface area contributed by atoms with Crippen molar-refractivity contribution in [2.75, 3.05) is 0 Å². The lowest BCUT2D eigenvalue weighted by Crippen LogP contribution is -2.02. The van der Waals surface area contributed by atoms with Crippen LogP contribution in [0.15, 0.2) is 24.3 Å². The monoisotopic (exact) mass is 185 g/mol. The molecule has 1 aromatic carbocycles. The van der Waals surface area contributed by atoms with Gasteiger partial charge in [-0.3, -0.25) is 9.36 Å². The van der Waals surface area contributed by atoms with Crippen molar-refractivity contribution in [3.8, 4) is 0 Å². The third-order valence-corrected chi connectivity index (χ3v) is 2.88. The highest BCUT2D eigenvalue weighted by Gasteiger charge is 2.21. The molecule has 70 valence electrons. The second-order valence-corrected chi connectivity index (χ2v) is 3.93. The Balaban J connectivity index is 2.41. The van der Waals surface area contributed by atoms with Crippen LogP contribution in [0.5, 0.6) is 0 Å². The summed E-state index contributed by atoms with van der Waals surface area (Å²) in [6, 6.07) is 8.36. The van der Waals surface area contributed by atoms with Crippen molar-refractivity contribution in [3.63, 3.8) is 0 Å². The molecule has 0 saturated heterocycles. The minimum Gasteiger partial charge on any atom is -0.284 e. The maximum Gasteiger partial charge on any atom is 0.231 e. The van der Waals surface area contributed by atoms with Crippen LogP contribution in [0.2, 0.25) is 0 Å². The zero-order chi connectivity index (χ0) is 9.71. The molecule has 0 spiro atoms. The highest BCUT2D eigenvalue weighted by atomic mass is 16.2. The Morgan fingerprint density at radius 1 is 1.21 bits per heavy atom. The van der Waals surface area contributed by atoms with Crippen molar-refractivity contribution < 1.29 is 4.79 Å². The molecule has 3 rings (SSSR count). The molecule has 2 heterocycles. The van der Waals surface area contributed by atoms with Gasteiger partial charge < -0.3 is 0 Å². The molecule has 2 aromatic rings. The maximum absolute atomic E-state index is 11.6. The molecular weight excluding hydrogens is 174 g/mol. The number of hydrogen-bond acceptors (Lipinski definition) is 1. The average Bonchev–Trinajstić information content (AvgIpc) is 2.66. The molecule has 0 fully saturated rings. The van der Waals surface area contributed by atoms with Gasteiger partial charge in [-0.25, -0.2) is 0 Å². The molecule has 0 radical (unpaired) electrons. The van der Waals surface area contributed by atoms with Crippen LogP contribution in [0.1, 0.15) is 22.5 Å². The third kappa shape index (κ3) is 0.882. The molecule has 0 aliphatic carbocycles. The summed E-state index contributed by atoms with van der Waals surface area (Å²) in [5.74, 6) is 0.235. The zero-order valence-electron chi connectivity index (χ0n) is 8.08. The number of rotatable bonds is 0. The number of hydrogen-bond donors (Lipinski definition) is 0. The van der Waals surface area contributed by atoms with Crippen molar-refractivity contribution in [1.29, 1.82) is 0 Å². The van der Waals surface area contributed by atoms with E-state index in [0.29, 0.717) is 6.42 Å². The fourth-order valence-corrected chi connectivity index (χ4v) is 2.22. The Morgan fingerprint density at radius 2 is 2.07 bits per heavy atom. The standard InChI is InChI=1S/C12H11NO/c1-8-2-4-11-9(6-8)7-10-3-5-12(14)13(10)11/h2,4,6-7H,3,5H2,1H3. The van der Waals surface area contributed by atoms with E-state index < -0.39 is 0 Å². The highest BCUT2D eigenvalue weighted by molar-refractivity contribution is 5.96. The van der Waals surface area contributed by atoms with Gasteiger partial charge in [0.15, 0.2) is 0 Å². The molecular formula is C12H11NO. The van der Waals surface area contributed by atoms with Gasteiger partial charge in [-0.15, -0.1) is 0 Å². The van der Waals surface area contributed by atoms with Crippen LogP contribution in [-0.2, 0) is 6.42 Å². The van der Waals surface area contributed by atoms with Crippen molar-refractivity contribution >= 4 is 16.8 Å². The maximum atomic E-state index is 11.6. The number of carbonyl (C=O) groups excluding carboxylic acids is 1. The molecule has 0 N–H and O–H groups in total. The molecule has 0 bridgehead atoms. The van der Waals surface area contributed by atoms with Crippen LogP contribution in [0.3, 0.4) is 0 Å². The molecule has 1 aliphatic heterocycles. The van der Waals surface area contributed by atoms with Crippen LogP contribution in [0, 0.1) is 6.92 Å². The van der Waals surface area contributed by atoms with Crippen LogP contribution in [0.4, 0.5) is 0 Å². The summed E-state index contributed by atoms with van der Waals surface area (Å²) in [5, 5.41) is 1.19. The molecule has 0 atom stereocenters. The van der Waals surface area contributed by atoms with Crippen LogP contribution < -0.4 is 0 Å². The van der Waals surface area contributed by atoms with Crippen molar-refractivity contribution in [2.45, 2.75) is 19.8 Å². The van der Waals surface area contributed by atoms with Gasteiger partial charge in [0.1, 0.15) is 0 Å². The summed E-state index contributed by atoms with van der Waals surface area (Å²) in [5.41, 5.74) is 3.47. The van der Waals surface area contributed by atoms with Gasteiger partial charge in [-0.1, -0.05) is 11.6 Å². The van der Waals surface area contributed by atoms with Crippen LogP contribution in [0.25, 0.3) is 10.9 Å². The topological polar surface area (TPSA) is 22.0 Å². The van der Waals surface area contributed by atoms with Crippen molar-refractivity contribution in [3.05, 3.63) is 35.5 Å². The highest BCUT2D eigenvalue weighted by Crippen LogP contribution is 2.26. The molecule has 14 heavy (non-hydrogen) atoms. The molecule has 1 aliphatic rings. The Kier molecular flexibility index (Phi) is 1.38. The predicted molar refractivity (Wildman–Crippen MR) is 55.6 cm³/mol. The number of benzene rings is 1. The second-order valence-electron chi connectivity index (χ2n) is 3.93. The summed E-state index contributed by atoms with van der Waals surface area (Å²) in [7, 11) is 0. The summed E-state index contributed by atoms with van der Waals surface area (Å²) >= 11 is 0. The van der Waals surface area contributed by atoms with E-state index in [1.54, 1.807) is 0 Å². The number of nitrogens with zero attached hydrogens (tertiary/aromatic N) is 1. The molecule has 1 aromatic heterocycles. The lowest BCUT2D eigenvalue weighted by atomic mass is 10.1. The van der Waals surface area contributed by atoms with Crippen molar-refractivity contribution in [1.82, 2.24) is 4.57 Å². The van der Waals surface area contributed by atoms with Crippen LogP contribution >= 0.6 is 0 Å². The summed E-state index contributed by atoms with van der Waals surface area (Å²) in [4.78, 5) is 11.6. The molecule has 2 nitrogen and oxygen atoms in total. The lowest BCUT2D eigenvalue weighted by molar-refractivity contribution is 0.0928. The van der Waals surface area contributed by atoms with E-state index in [1.165, 1.54) is 10.9 Å². The molecule has 0 amide bonds. The van der Waals surface area contributed by atoms with E-state index in [9.17, 15) is 4.79 Å². The van der Waals surface area contributed by atoms with Gasteiger partial charge in [0, 0.05) is 17.5 Å². The smallest absolute Gasteiger partial charge is 0.231 e. The van der Waals surface area contributed by atoms with Gasteiger partial charge in [-0.2, -0.15) is 0 Å². The quantitative estimate of drug-likeness (QED) is 0.618. The number of carbonyl (C=O) groups is 1. The van der Waals surface area contributed by atoms with Gasteiger partial charge in [-0.05, 0) is 31.5 Å². The van der Waals surface area contributed by atoms with E-state index in [2.05, 4.69) is 25.1 Å². The van der Waals surface area contributed by atoms with E-state index in [0.717, 1.165) is 17.6 Å². The van der Waals surface area contributed by atoms with E-state index in [4.69, 9.17) is 0 Å². The van der Waals surface area contributed by atoms with Gasteiger partial charge >= 0.3 is 0 Å². The first-order valence-corrected chi connectivity index (χ1v) is 4.90. The Morgan fingerprint density at radius 3 is 2.93 bits per heavy atom. The minimum absolute atomic E-state index is 0.235. The first-order chi connectivity index (χ1) is 6.75. The molecule has 0 saturated carbocycles. The lowest BCUT2D eigenvalue weighted by Gasteiger charge is -1.98.